The molecule has 0 atom stereocenters. The van der Waals surface area contributed by atoms with Gasteiger partial charge in [-0.3, -0.25) is 9.59 Å². The normalized spacial score (nSPS) is 11.0. The molecule has 0 aliphatic rings. The zero-order valence-electron chi connectivity index (χ0n) is 11.9. The van der Waals surface area contributed by atoms with Crippen LogP contribution in [-0.4, -0.2) is 52.9 Å². The maximum absolute atomic E-state index is 11.9. The summed E-state index contributed by atoms with van der Waals surface area (Å²) in [5.74, 6) is -0.938. The highest BCUT2D eigenvalue weighted by molar-refractivity contribution is 7.90. The lowest BCUT2D eigenvalue weighted by atomic mass is 10.2. The Morgan fingerprint density at radius 1 is 1.19 bits per heavy atom. The highest BCUT2D eigenvalue weighted by Gasteiger charge is 2.24. The molecule has 0 saturated heterocycles. The van der Waals surface area contributed by atoms with Crippen LogP contribution >= 0.6 is 11.3 Å². The summed E-state index contributed by atoms with van der Waals surface area (Å²) in [6.07, 6.45) is 1.12. The van der Waals surface area contributed by atoms with Crippen molar-refractivity contribution in [2.75, 3.05) is 43.7 Å². The van der Waals surface area contributed by atoms with Crippen LogP contribution < -0.4 is 21.7 Å². The van der Waals surface area contributed by atoms with E-state index in [-0.39, 0.29) is 28.4 Å². The third-order valence-electron chi connectivity index (χ3n) is 2.59. The first-order valence-corrected chi connectivity index (χ1v) is 8.87. The van der Waals surface area contributed by atoms with Gasteiger partial charge in [-0.1, -0.05) is 0 Å². The molecule has 21 heavy (non-hydrogen) atoms. The molecule has 0 fully saturated rings. The zero-order chi connectivity index (χ0) is 16.2. The lowest BCUT2D eigenvalue weighted by Crippen LogP contribution is -2.22. The van der Waals surface area contributed by atoms with Gasteiger partial charge in [0.15, 0.2) is 0 Å². The molecule has 1 rings (SSSR count). The molecule has 1 heterocycles. The number of rotatable bonds is 6. The highest BCUT2D eigenvalue weighted by Crippen LogP contribution is 2.35. The van der Waals surface area contributed by atoms with E-state index < -0.39 is 21.7 Å². The summed E-state index contributed by atoms with van der Waals surface area (Å²) in [5, 5.41) is 8.09. The first-order chi connectivity index (χ1) is 9.71. The summed E-state index contributed by atoms with van der Waals surface area (Å²) in [5.41, 5.74) is 6.06. The minimum Gasteiger partial charge on any atom is -0.397 e. The van der Waals surface area contributed by atoms with Gasteiger partial charge in [0.2, 0.25) is 0 Å². The number of hydrogen-bond acceptors (Lipinski definition) is 7. The quantitative estimate of drug-likeness (QED) is 0.555. The second-order valence-corrected chi connectivity index (χ2v) is 7.54. The smallest absolute Gasteiger partial charge is 0.263 e. The molecule has 0 aliphatic heterocycles. The number of carbonyl (C=O) groups is 2. The van der Waals surface area contributed by atoms with E-state index in [9.17, 15) is 18.0 Å². The molecule has 0 unspecified atom stereocenters. The molecule has 0 saturated carbocycles. The topological polar surface area (TPSA) is 130 Å². The van der Waals surface area contributed by atoms with E-state index >= 15 is 0 Å². The molecule has 10 heteroatoms. The first kappa shape index (κ1) is 17.2. The zero-order valence-corrected chi connectivity index (χ0v) is 13.6. The van der Waals surface area contributed by atoms with Crippen molar-refractivity contribution < 1.29 is 18.0 Å². The largest absolute Gasteiger partial charge is 0.397 e. The van der Waals surface area contributed by atoms with Crippen LogP contribution in [0.15, 0.2) is 0 Å². The van der Waals surface area contributed by atoms with Crippen molar-refractivity contribution in [2.45, 2.75) is 0 Å². The van der Waals surface area contributed by atoms with Crippen molar-refractivity contribution in [3.05, 3.63) is 10.4 Å². The van der Waals surface area contributed by atoms with E-state index in [1.807, 2.05) is 0 Å². The number of nitrogen functional groups attached to an aromatic ring is 1. The Labute approximate surface area is 127 Å². The number of anilines is 2. The van der Waals surface area contributed by atoms with Gasteiger partial charge in [0.25, 0.3) is 11.8 Å². The molecule has 2 amide bonds. The predicted octanol–water partition coefficient (Wildman–Crippen LogP) is -0.494. The number of thiophene rings is 1. The van der Waals surface area contributed by atoms with E-state index in [0.29, 0.717) is 5.00 Å². The van der Waals surface area contributed by atoms with Gasteiger partial charge in [0.05, 0.1) is 17.0 Å². The van der Waals surface area contributed by atoms with E-state index in [4.69, 9.17) is 5.73 Å². The molecule has 1 aromatic rings. The van der Waals surface area contributed by atoms with Gasteiger partial charge in [0, 0.05) is 26.9 Å². The molecule has 0 radical (unpaired) electrons. The van der Waals surface area contributed by atoms with E-state index in [0.717, 1.165) is 17.6 Å². The molecule has 8 nitrogen and oxygen atoms in total. The molecule has 0 spiro atoms. The average Bonchev–Trinajstić information content (AvgIpc) is 2.72. The van der Waals surface area contributed by atoms with Gasteiger partial charge in [-0.15, -0.1) is 11.3 Å². The van der Waals surface area contributed by atoms with Crippen molar-refractivity contribution in [3.8, 4) is 0 Å². The first-order valence-electron chi connectivity index (χ1n) is 5.99. The summed E-state index contributed by atoms with van der Waals surface area (Å²) in [6.45, 7) is 0.121. The standard InChI is InChI=1S/C11H18N4O4S2/c1-13-9(16)6-7(12)8(10(17)14-2)20-11(6)15-4-5-21(3,18)19/h15H,4-5,12H2,1-3H3,(H,13,16)(H,14,17). The number of nitrogens with two attached hydrogens (primary N) is 1. The van der Waals surface area contributed by atoms with Gasteiger partial charge in [-0.2, -0.15) is 0 Å². The SMILES string of the molecule is CNC(=O)c1sc(NCCS(C)(=O)=O)c(C(=O)NC)c1N. The van der Waals surface area contributed by atoms with Gasteiger partial charge in [-0.05, 0) is 0 Å². The van der Waals surface area contributed by atoms with Crippen LogP contribution in [0.3, 0.4) is 0 Å². The van der Waals surface area contributed by atoms with Crippen molar-refractivity contribution in [2.24, 2.45) is 0 Å². The molecular formula is C11H18N4O4S2. The molecule has 1 aromatic heterocycles. The Morgan fingerprint density at radius 3 is 2.24 bits per heavy atom. The van der Waals surface area contributed by atoms with Crippen LogP contribution in [0.5, 0.6) is 0 Å². The third-order valence-corrected chi connectivity index (χ3v) is 4.70. The second kappa shape index (κ2) is 6.76. The van der Waals surface area contributed by atoms with E-state index in [2.05, 4.69) is 16.0 Å². The molecule has 0 bridgehead atoms. The van der Waals surface area contributed by atoms with Crippen LogP contribution in [0, 0.1) is 0 Å². The second-order valence-electron chi connectivity index (χ2n) is 4.26. The fourth-order valence-corrected chi connectivity index (χ4v) is 3.11. The predicted molar refractivity (Wildman–Crippen MR) is 83.7 cm³/mol. The van der Waals surface area contributed by atoms with Crippen molar-refractivity contribution in [1.82, 2.24) is 10.6 Å². The number of carbonyl (C=O) groups excluding carboxylic acids is 2. The van der Waals surface area contributed by atoms with Gasteiger partial charge in [0.1, 0.15) is 19.7 Å². The lowest BCUT2D eigenvalue weighted by Gasteiger charge is -2.06. The Bertz CT molecular complexity index is 651. The Balaban J connectivity index is 3.11. The van der Waals surface area contributed by atoms with Gasteiger partial charge < -0.3 is 21.7 Å². The van der Waals surface area contributed by atoms with Crippen LogP contribution in [0.4, 0.5) is 10.7 Å². The Kier molecular flexibility index (Phi) is 5.55. The summed E-state index contributed by atoms with van der Waals surface area (Å²) >= 11 is 1.01. The molecule has 5 N–H and O–H groups in total. The number of amides is 2. The number of nitrogens with one attached hydrogen (secondary N) is 3. The van der Waals surface area contributed by atoms with Gasteiger partial charge in [-0.25, -0.2) is 8.42 Å². The summed E-state index contributed by atoms with van der Waals surface area (Å²) in [7, 11) is -0.226. The monoisotopic (exact) mass is 334 g/mol. The van der Waals surface area contributed by atoms with Crippen molar-refractivity contribution in [1.29, 1.82) is 0 Å². The van der Waals surface area contributed by atoms with Crippen LogP contribution in [-0.2, 0) is 9.84 Å². The summed E-state index contributed by atoms with van der Waals surface area (Å²) < 4.78 is 22.2. The van der Waals surface area contributed by atoms with Gasteiger partial charge >= 0.3 is 0 Å². The Morgan fingerprint density at radius 2 is 1.76 bits per heavy atom. The van der Waals surface area contributed by atoms with E-state index in [1.165, 1.54) is 14.1 Å². The summed E-state index contributed by atoms with van der Waals surface area (Å²) in [6, 6.07) is 0. The Hall–Kier alpha value is -1.81. The molecular weight excluding hydrogens is 316 g/mol. The maximum Gasteiger partial charge on any atom is 0.263 e. The average molecular weight is 334 g/mol. The van der Waals surface area contributed by atoms with Crippen LogP contribution in [0.25, 0.3) is 0 Å². The number of sulfone groups is 1. The van der Waals surface area contributed by atoms with Crippen molar-refractivity contribution in [3.63, 3.8) is 0 Å². The fourth-order valence-electron chi connectivity index (χ4n) is 1.55. The molecule has 0 aromatic carbocycles. The van der Waals surface area contributed by atoms with Crippen molar-refractivity contribution >= 4 is 43.7 Å². The molecule has 118 valence electrons. The molecule has 0 aliphatic carbocycles. The number of hydrogen-bond donors (Lipinski definition) is 4. The highest BCUT2D eigenvalue weighted by atomic mass is 32.2. The maximum atomic E-state index is 11.9. The lowest BCUT2D eigenvalue weighted by molar-refractivity contribution is 0.0963. The fraction of sp³-hybridized carbons (Fsp3) is 0.455. The van der Waals surface area contributed by atoms with E-state index in [1.54, 1.807) is 0 Å². The minimum atomic E-state index is -3.13. The summed E-state index contributed by atoms with van der Waals surface area (Å²) in [4.78, 5) is 23.8. The minimum absolute atomic E-state index is 0.0700. The third kappa shape index (κ3) is 4.33. The van der Waals surface area contributed by atoms with Crippen LogP contribution in [0.2, 0.25) is 0 Å². The van der Waals surface area contributed by atoms with Crippen LogP contribution in [0.1, 0.15) is 20.0 Å².